The molecule has 1 aliphatic rings. The van der Waals surface area contributed by atoms with Gasteiger partial charge < -0.3 is 0 Å². The molecule has 0 N–H and O–H groups in total. The molecule has 0 spiro atoms. The third-order valence-electron chi connectivity index (χ3n) is 5.05. The summed E-state index contributed by atoms with van der Waals surface area (Å²) in [6.07, 6.45) is 0. The third kappa shape index (κ3) is 2.79. The molecule has 0 aliphatic heterocycles. The van der Waals surface area contributed by atoms with Gasteiger partial charge >= 0.3 is 0 Å². The van der Waals surface area contributed by atoms with Crippen molar-refractivity contribution in [2.75, 3.05) is 0 Å². The topological polar surface area (TPSA) is 201 Å². The number of benzene rings is 2. The molecule has 0 fully saturated rings. The second-order valence-electron chi connectivity index (χ2n) is 6.56. The van der Waals surface area contributed by atoms with Crippen molar-refractivity contribution >= 4 is 28.3 Å². The average Bonchev–Trinajstić information content (AvgIpc) is 3.00. The average molecular weight is 436 g/mol. The molecule has 3 rings (SSSR count). The first kappa shape index (κ1) is 21.5. The summed E-state index contributed by atoms with van der Waals surface area (Å²) in [6, 6.07) is 3.30. The molecular formula is C18H8N6O8. The van der Waals surface area contributed by atoms with Crippen molar-refractivity contribution in [2.24, 2.45) is 0 Å². The fourth-order valence-corrected chi connectivity index (χ4v) is 3.78. The highest BCUT2D eigenvalue weighted by molar-refractivity contribution is 6.11. The van der Waals surface area contributed by atoms with Gasteiger partial charge in [0.2, 0.25) is 0 Å². The molecule has 32 heavy (non-hydrogen) atoms. The monoisotopic (exact) mass is 436 g/mol. The number of nitro benzene ring substituents is 4. The summed E-state index contributed by atoms with van der Waals surface area (Å²) >= 11 is 0. The lowest BCUT2D eigenvalue weighted by atomic mass is 9.95. The van der Waals surface area contributed by atoms with E-state index in [9.17, 15) is 45.7 Å². The van der Waals surface area contributed by atoms with Gasteiger partial charge in [-0.05, 0) is 25.0 Å². The number of nitrogens with zero attached hydrogens (tertiary/aromatic N) is 6. The first-order valence-electron chi connectivity index (χ1n) is 8.43. The Hall–Kier alpha value is -5.24. The molecule has 0 bridgehead atoms. The van der Waals surface area contributed by atoms with Crippen molar-refractivity contribution in [3.05, 3.63) is 92.0 Å². The molecule has 0 saturated carbocycles. The third-order valence-corrected chi connectivity index (χ3v) is 5.05. The zero-order chi connectivity index (χ0) is 24.1. The minimum Gasteiger partial charge on any atom is -0.258 e. The van der Waals surface area contributed by atoms with E-state index in [1.54, 1.807) is 6.07 Å². The van der Waals surface area contributed by atoms with Gasteiger partial charge in [-0.3, -0.25) is 40.5 Å². The molecule has 0 radical (unpaired) electrons. The van der Waals surface area contributed by atoms with Crippen molar-refractivity contribution in [1.29, 1.82) is 5.26 Å². The van der Waals surface area contributed by atoms with E-state index in [1.165, 1.54) is 0 Å². The van der Waals surface area contributed by atoms with E-state index in [4.69, 9.17) is 6.57 Å². The summed E-state index contributed by atoms with van der Waals surface area (Å²) in [4.78, 5) is 46.1. The Labute approximate surface area is 177 Å². The number of nitriles is 1. The normalized spacial score (nSPS) is 11.1. The van der Waals surface area contributed by atoms with E-state index in [0.717, 1.165) is 26.0 Å². The van der Waals surface area contributed by atoms with Crippen LogP contribution in [0.2, 0.25) is 0 Å². The molecule has 0 aromatic heterocycles. The number of allylic oxidation sites excluding steroid dienone is 1. The molecule has 0 saturated heterocycles. The van der Waals surface area contributed by atoms with Crippen molar-refractivity contribution in [3.8, 4) is 17.2 Å². The van der Waals surface area contributed by atoms with Gasteiger partial charge in [0.1, 0.15) is 11.1 Å². The molecule has 2 aromatic rings. The summed E-state index contributed by atoms with van der Waals surface area (Å²) in [7, 11) is 0. The van der Waals surface area contributed by atoms with Crippen molar-refractivity contribution in [2.45, 2.75) is 13.8 Å². The van der Waals surface area contributed by atoms with Crippen LogP contribution in [0, 0.1) is 72.2 Å². The molecule has 0 amide bonds. The van der Waals surface area contributed by atoms with Gasteiger partial charge in [0.25, 0.3) is 28.4 Å². The largest absolute Gasteiger partial charge is 0.287 e. The van der Waals surface area contributed by atoms with E-state index < -0.39 is 70.4 Å². The van der Waals surface area contributed by atoms with Crippen LogP contribution in [0.3, 0.4) is 0 Å². The Morgan fingerprint density at radius 2 is 1.22 bits per heavy atom. The maximum Gasteiger partial charge on any atom is 0.287 e. The van der Waals surface area contributed by atoms with Gasteiger partial charge in [0.05, 0.1) is 43.5 Å². The van der Waals surface area contributed by atoms with Crippen LogP contribution in [0.25, 0.3) is 21.5 Å². The van der Waals surface area contributed by atoms with E-state index in [1.807, 2.05) is 0 Å². The molecule has 14 heteroatoms. The number of hydrogen-bond acceptors (Lipinski definition) is 9. The van der Waals surface area contributed by atoms with E-state index >= 15 is 0 Å². The summed E-state index contributed by atoms with van der Waals surface area (Å²) in [5.74, 6) is 0. The fourth-order valence-electron chi connectivity index (χ4n) is 3.78. The lowest BCUT2D eigenvalue weighted by molar-refractivity contribution is -0.396. The second-order valence-corrected chi connectivity index (χ2v) is 6.56. The van der Waals surface area contributed by atoms with E-state index in [0.29, 0.717) is 0 Å². The van der Waals surface area contributed by atoms with Crippen molar-refractivity contribution in [1.82, 2.24) is 0 Å². The fraction of sp³-hybridized carbons (Fsp3) is 0.111. The van der Waals surface area contributed by atoms with Gasteiger partial charge in [-0.2, -0.15) is 0 Å². The predicted molar refractivity (Wildman–Crippen MR) is 106 cm³/mol. The van der Waals surface area contributed by atoms with Crippen molar-refractivity contribution < 1.29 is 19.7 Å². The number of hydrogen-bond donors (Lipinski definition) is 0. The maximum absolute atomic E-state index is 11.9. The zero-order valence-corrected chi connectivity index (χ0v) is 16.1. The van der Waals surface area contributed by atoms with Gasteiger partial charge in [-0.25, -0.2) is 10.1 Å². The zero-order valence-electron chi connectivity index (χ0n) is 16.1. The van der Waals surface area contributed by atoms with Gasteiger partial charge in [0, 0.05) is 17.7 Å². The Kier molecular flexibility index (Phi) is 4.85. The Morgan fingerprint density at radius 1 is 0.844 bits per heavy atom. The molecule has 0 heterocycles. The summed E-state index contributed by atoms with van der Waals surface area (Å²) in [6.45, 7) is 9.42. The highest BCUT2D eigenvalue weighted by Crippen LogP contribution is 2.57. The van der Waals surface area contributed by atoms with Gasteiger partial charge in [-0.1, -0.05) is 0 Å². The van der Waals surface area contributed by atoms with Crippen LogP contribution in [0.1, 0.15) is 22.3 Å². The smallest absolute Gasteiger partial charge is 0.258 e. The SMILES string of the molecule is [C-]#[N+]C(C#N)=C1c2cc([N+](=O)[O-])c(C)c([N+](=O)[O-])c2-c2c1cc([N+](=O)[O-])c(C)c2[N+](=O)[O-]. The van der Waals surface area contributed by atoms with Crippen LogP contribution in [0.15, 0.2) is 17.8 Å². The molecule has 14 nitrogen and oxygen atoms in total. The minimum absolute atomic E-state index is 0.334. The van der Waals surface area contributed by atoms with E-state index in [-0.39, 0.29) is 16.7 Å². The lowest BCUT2D eigenvalue weighted by Crippen LogP contribution is -2.03. The Balaban J connectivity index is 2.77. The van der Waals surface area contributed by atoms with Crippen LogP contribution < -0.4 is 0 Å². The van der Waals surface area contributed by atoms with Crippen LogP contribution in [0.5, 0.6) is 0 Å². The van der Waals surface area contributed by atoms with Crippen LogP contribution in [-0.2, 0) is 0 Å². The second kappa shape index (κ2) is 7.22. The molecular weight excluding hydrogens is 428 g/mol. The molecule has 1 aliphatic carbocycles. The highest BCUT2D eigenvalue weighted by Gasteiger charge is 2.44. The Bertz CT molecular complexity index is 1320. The van der Waals surface area contributed by atoms with Crippen LogP contribution >= 0.6 is 0 Å². The van der Waals surface area contributed by atoms with Crippen LogP contribution in [-0.4, -0.2) is 19.7 Å². The summed E-state index contributed by atoms with van der Waals surface area (Å²) < 4.78 is 0. The quantitative estimate of drug-likeness (QED) is 0.249. The van der Waals surface area contributed by atoms with Gasteiger partial charge in [-0.15, -0.1) is 0 Å². The predicted octanol–water partition coefficient (Wildman–Crippen LogP) is 4.12. The summed E-state index contributed by atoms with van der Waals surface area (Å²) in [5, 5.41) is 56.2. The standard InChI is InChI=1S/C18H8N6O8/c1-7-12(21(25)26)4-9-14(11(6-19)20-3)10-5-13(22(27)28)8(2)18(24(31)32)16(10)15(9)17(7)23(29)30/h4-5H,1-2H3. The number of rotatable bonds is 4. The van der Waals surface area contributed by atoms with Crippen LogP contribution in [0.4, 0.5) is 22.7 Å². The van der Waals surface area contributed by atoms with E-state index in [2.05, 4.69) is 4.85 Å². The minimum atomic E-state index is -0.960. The molecule has 0 unspecified atom stereocenters. The first-order chi connectivity index (χ1) is 15.0. The first-order valence-corrected chi connectivity index (χ1v) is 8.43. The summed E-state index contributed by atoms with van der Waals surface area (Å²) in [5.41, 5.74) is -6.46. The van der Waals surface area contributed by atoms with Gasteiger partial charge in [0.15, 0.2) is 0 Å². The number of nitro groups is 4. The molecule has 158 valence electrons. The maximum atomic E-state index is 11.9. The molecule has 2 aromatic carbocycles. The van der Waals surface area contributed by atoms with Crippen molar-refractivity contribution in [3.63, 3.8) is 0 Å². The highest BCUT2D eigenvalue weighted by atomic mass is 16.6. The molecule has 0 atom stereocenters. The number of fused-ring (bicyclic) bond motifs is 3. The lowest BCUT2D eigenvalue weighted by Gasteiger charge is -2.08. The Morgan fingerprint density at radius 3 is 1.47 bits per heavy atom.